The maximum Gasteiger partial charge on any atom is 0.269 e. The number of phenols is 2. The summed E-state index contributed by atoms with van der Waals surface area (Å²) >= 11 is 0. The van der Waals surface area contributed by atoms with Crippen LogP contribution in [0.25, 0.3) is 0 Å². The van der Waals surface area contributed by atoms with Crippen LogP contribution in [0.15, 0.2) is 29.5 Å². The first-order chi connectivity index (χ1) is 7.93. The van der Waals surface area contributed by atoms with Gasteiger partial charge in [0.1, 0.15) is 23.3 Å². The molecule has 1 aromatic carbocycles. The molecular weight excluding hydrogens is 224 g/mol. The Hall–Kier alpha value is -2.68. The van der Waals surface area contributed by atoms with Crippen LogP contribution in [0.4, 0.5) is 5.69 Å². The normalized spacial score (nSPS) is 11.3. The molecule has 0 fully saturated rings. The number of nitriles is 1. The van der Waals surface area contributed by atoms with E-state index in [1.807, 2.05) is 0 Å². The Morgan fingerprint density at radius 1 is 1.29 bits per heavy atom. The molecule has 0 unspecified atom stereocenters. The number of hydrogen-bond acceptors (Lipinski definition) is 5. The number of carbonyl (C=O) groups excluding carboxylic acids is 1. The lowest BCUT2D eigenvalue weighted by molar-refractivity contribution is -0.112. The highest BCUT2D eigenvalue weighted by atomic mass is 16.3. The number of anilines is 1. The van der Waals surface area contributed by atoms with Gasteiger partial charge in [0.2, 0.25) is 0 Å². The molecule has 0 saturated heterocycles. The lowest BCUT2D eigenvalue weighted by Gasteiger charge is -2.05. The Balaban J connectivity index is 2.97. The number of aliphatic hydroxyl groups excluding tert-OH is 1. The number of amides is 1. The van der Waals surface area contributed by atoms with Gasteiger partial charge in [-0.25, -0.2) is 0 Å². The zero-order valence-corrected chi connectivity index (χ0v) is 8.93. The third-order valence-electron chi connectivity index (χ3n) is 1.86. The summed E-state index contributed by atoms with van der Waals surface area (Å²) in [5.41, 5.74) is -0.325. The summed E-state index contributed by atoms with van der Waals surface area (Å²) in [5, 5.41) is 38.3. The molecule has 0 aliphatic heterocycles. The number of rotatable bonds is 2. The predicted molar refractivity (Wildman–Crippen MR) is 59.3 cm³/mol. The highest BCUT2D eigenvalue weighted by Crippen LogP contribution is 2.24. The largest absolute Gasteiger partial charge is 0.511 e. The Kier molecular flexibility index (Phi) is 3.57. The minimum Gasteiger partial charge on any atom is -0.511 e. The van der Waals surface area contributed by atoms with Crippen LogP contribution in [0.5, 0.6) is 11.5 Å². The molecule has 0 aliphatic rings. The second-order valence-electron chi connectivity index (χ2n) is 3.26. The number of aliphatic hydroxyl groups is 1. The summed E-state index contributed by atoms with van der Waals surface area (Å²) in [5.74, 6) is -1.70. The van der Waals surface area contributed by atoms with E-state index in [1.54, 1.807) is 6.07 Å². The van der Waals surface area contributed by atoms with Crippen LogP contribution >= 0.6 is 0 Å². The number of aromatic hydroxyl groups is 2. The van der Waals surface area contributed by atoms with E-state index >= 15 is 0 Å². The first-order valence-corrected chi connectivity index (χ1v) is 4.58. The molecule has 4 N–H and O–H groups in total. The van der Waals surface area contributed by atoms with Crippen molar-refractivity contribution in [3.8, 4) is 17.6 Å². The Morgan fingerprint density at radius 2 is 1.82 bits per heavy atom. The summed E-state index contributed by atoms with van der Waals surface area (Å²) < 4.78 is 0. The minimum absolute atomic E-state index is 0.113. The molecule has 0 bridgehead atoms. The van der Waals surface area contributed by atoms with Crippen molar-refractivity contribution in [3.63, 3.8) is 0 Å². The average Bonchev–Trinajstić information content (AvgIpc) is 2.15. The lowest BCUT2D eigenvalue weighted by atomic mass is 10.2. The van der Waals surface area contributed by atoms with Crippen LogP contribution in [0.2, 0.25) is 0 Å². The monoisotopic (exact) mass is 234 g/mol. The Morgan fingerprint density at radius 3 is 2.24 bits per heavy atom. The minimum atomic E-state index is -0.822. The SMILES string of the molecule is C/C(O)=C(/C#N)C(=O)Nc1cc(O)cc(O)c1. The fourth-order valence-corrected chi connectivity index (χ4v) is 1.16. The fourth-order valence-electron chi connectivity index (χ4n) is 1.16. The van der Waals surface area contributed by atoms with E-state index in [1.165, 1.54) is 19.1 Å². The maximum atomic E-state index is 11.5. The molecule has 88 valence electrons. The van der Waals surface area contributed by atoms with Crippen molar-refractivity contribution in [2.45, 2.75) is 6.92 Å². The summed E-state index contributed by atoms with van der Waals surface area (Å²) in [6.45, 7) is 1.21. The second kappa shape index (κ2) is 4.90. The Bertz CT molecular complexity index is 505. The molecule has 1 rings (SSSR count). The number of phenolic OH excluding ortho intramolecular Hbond substituents is 2. The number of nitrogens with zero attached hydrogens (tertiary/aromatic N) is 1. The molecule has 6 heteroatoms. The van der Waals surface area contributed by atoms with E-state index < -0.39 is 17.2 Å². The van der Waals surface area contributed by atoms with Gasteiger partial charge >= 0.3 is 0 Å². The third kappa shape index (κ3) is 3.14. The molecule has 0 radical (unpaired) electrons. The van der Waals surface area contributed by atoms with Crippen molar-refractivity contribution < 1.29 is 20.1 Å². The van der Waals surface area contributed by atoms with E-state index in [2.05, 4.69) is 5.32 Å². The molecule has 0 atom stereocenters. The Labute approximate surface area is 97.1 Å². The molecule has 1 amide bonds. The van der Waals surface area contributed by atoms with Crippen LogP contribution in [-0.2, 0) is 4.79 Å². The van der Waals surface area contributed by atoms with Gasteiger partial charge in [-0.05, 0) is 6.92 Å². The maximum absolute atomic E-state index is 11.5. The third-order valence-corrected chi connectivity index (χ3v) is 1.86. The number of nitrogens with one attached hydrogen (secondary N) is 1. The molecule has 1 aromatic rings. The molecule has 17 heavy (non-hydrogen) atoms. The molecule has 0 aromatic heterocycles. The van der Waals surface area contributed by atoms with Gasteiger partial charge in [-0.3, -0.25) is 4.79 Å². The molecule has 6 nitrogen and oxygen atoms in total. The summed E-state index contributed by atoms with van der Waals surface area (Å²) in [6.07, 6.45) is 0. The van der Waals surface area contributed by atoms with Gasteiger partial charge in [-0.15, -0.1) is 0 Å². The van der Waals surface area contributed by atoms with Crippen LogP contribution in [0.3, 0.4) is 0 Å². The van der Waals surface area contributed by atoms with Crippen LogP contribution < -0.4 is 5.32 Å². The van der Waals surface area contributed by atoms with Crippen molar-refractivity contribution in [1.29, 1.82) is 5.26 Å². The zero-order chi connectivity index (χ0) is 13.0. The quantitative estimate of drug-likeness (QED) is 0.351. The summed E-state index contributed by atoms with van der Waals surface area (Å²) in [6, 6.07) is 5.02. The second-order valence-corrected chi connectivity index (χ2v) is 3.26. The van der Waals surface area contributed by atoms with Crippen molar-refractivity contribution in [1.82, 2.24) is 0 Å². The van der Waals surface area contributed by atoms with Gasteiger partial charge in [0.25, 0.3) is 5.91 Å². The number of hydrogen-bond donors (Lipinski definition) is 4. The predicted octanol–water partition coefficient (Wildman–Crippen LogP) is 1.39. The highest BCUT2D eigenvalue weighted by Gasteiger charge is 2.13. The van der Waals surface area contributed by atoms with Crippen LogP contribution in [0.1, 0.15) is 6.92 Å². The van der Waals surface area contributed by atoms with Gasteiger partial charge in [-0.2, -0.15) is 5.26 Å². The molecule has 0 aliphatic carbocycles. The molecule has 0 saturated carbocycles. The topological polar surface area (TPSA) is 114 Å². The highest BCUT2D eigenvalue weighted by molar-refractivity contribution is 6.06. The first kappa shape index (κ1) is 12.4. The number of benzene rings is 1. The summed E-state index contributed by atoms with van der Waals surface area (Å²) in [4.78, 5) is 11.5. The van der Waals surface area contributed by atoms with E-state index in [0.29, 0.717) is 0 Å². The van der Waals surface area contributed by atoms with Crippen molar-refractivity contribution >= 4 is 11.6 Å². The summed E-state index contributed by atoms with van der Waals surface area (Å²) in [7, 11) is 0. The van der Waals surface area contributed by atoms with E-state index in [9.17, 15) is 15.0 Å². The van der Waals surface area contributed by atoms with E-state index in [-0.39, 0.29) is 17.2 Å². The van der Waals surface area contributed by atoms with Gasteiger partial charge in [0.15, 0.2) is 5.57 Å². The standard InChI is InChI=1S/C11H10N2O4/c1-6(14)10(5-12)11(17)13-7-2-8(15)4-9(16)3-7/h2-4,14-16H,1H3,(H,13,17)/b10-6+. The van der Waals surface area contributed by atoms with Crippen molar-refractivity contribution in [2.75, 3.05) is 5.32 Å². The number of carbonyl (C=O) groups is 1. The fraction of sp³-hybridized carbons (Fsp3) is 0.0909. The lowest BCUT2D eigenvalue weighted by Crippen LogP contribution is -2.14. The average molecular weight is 234 g/mol. The van der Waals surface area contributed by atoms with E-state index in [4.69, 9.17) is 10.4 Å². The van der Waals surface area contributed by atoms with E-state index in [0.717, 1.165) is 6.07 Å². The van der Waals surface area contributed by atoms with Gasteiger partial charge in [-0.1, -0.05) is 0 Å². The molecule has 0 heterocycles. The van der Waals surface area contributed by atoms with Gasteiger partial charge < -0.3 is 20.6 Å². The van der Waals surface area contributed by atoms with Crippen molar-refractivity contribution in [2.24, 2.45) is 0 Å². The number of allylic oxidation sites excluding steroid dienone is 1. The van der Waals surface area contributed by atoms with Crippen molar-refractivity contribution in [3.05, 3.63) is 29.5 Å². The zero-order valence-electron chi connectivity index (χ0n) is 8.93. The van der Waals surface area contributed by atoms with Gasteiger partial charge in [0.05, 0.1) is 0 Å². The molecular formula is C11H10N2O4. The molecule has 0 spiro atoms. The van der Waals surface area contributed by atoms with Crippen LogP contribution in [-0.4, -0.2) is 21.2 Å². The van der Waals surface area contributed by atoms with Gasteiger partial charge in [0, 0.05) is 23.9 Å². The smallest absolute Gasteiger partial charge is 0.269 e. The first-order valence-electron chi connectivity index (χ1n) is 4.58. The van der Waals surface area contributed by atoms with Crippen LogP contribution in [0, 0.1) is 11.3 Å².